The molecule has 0 fully saturated rings. The van der Waals surface area contributed by atoms with Crippen molar-refractivity contribution in [3.63, 3.8) is 0 Å². The fourth-order valence-corrected chi connectivity index (χ4v) is 3.19. The maximum atomic E-state index is 11.6. The van der Waals surface area contributed by atoms with Gasteiger partial charge in [-0.15, -0.1) is 11.8 Å². The van der Waals surface area contributed by atoms with E-state index in [9.17, 15) is 4.79 Å². The molecule has 0 aliphatic carbocycles. The second-order valence-electron chi connectivity index (χ2n) is 4.44. The van der Waals surface area contributed by atoms with Crippen molar-refractivity contribution in [2.24, 2.45) is 4.99 Å². The summed E-state index contributed by atoms with van der Waals surface area (Å²) in [6.07, 6.45) is 0. The highest BCUT2D eigenvalue weighted by atomic mass is 32.2. The summed E-state index contributed by atoms with van der Waals surface area (Å²) in [5.74, 6) is 0.713. The minimum absolute atomic E-state index is 0.0108. The SMILES string of the molecule is CNC(=O)[C@@H]1CSC(c2ccc3ccccc3c2)=N1. The van der Waals surface area contributed by atoms with Gasteiger partial charge in [0.15, 0.2) is 0 Å². The van der Waals surface area contributed by atoms with E-state index in [2.05, 4.69) is 40.6 Å². The van der Waals surface area contributed by atoms with Crippen LogP contribution in [0.2, 0.25) is 0 Å². The van der Waals surface area contributed by atoms with Gasteiger partial charge in [-0.3, -0.25) is 9.79 Å². The Morgan fingerprint density at radius 3 is 2.84 bits per heavy atom. The Bertz CT molecular complexity index is 666. The molecular weight excluding hydrogens is 256 g/mol. The molecule has 0 saturated carbocycles. The van der Waals surface area contributed by atoms with E-state index in [1.807, 2.05) is 12.1 Å². The summed E-state index contributed by atoms with van der Waals surface area (Å²) < 4.78 is 0. The average molecular weight is 270 g/mol. The van der Waals surface area contributed by atoms with Crippen molar-refractivity contribution in [1.29, 1.82) is 0 Å². The van der Waals surface area contributed by atoms with Gasteiger partial charge in [-0.05, 0) is 16.8 Å². The molecule has 2 aromatic carbocycles. The molecule has 2 aromatic rings. The summed E-state index contributed by atoms with van der Waals surface area (Å²) in [5.41, 5.74) is 1.09. The minimum Gasteiger partial charge on any atom is -0.357 e. The molecule has 3 nitrogen and oxygen atoms in total. The zero-order chi connectivity index (χ0) is 13.2. The normalized spacial score (nSPS) is 18.4. The lowest BCUT2D eigenvalue weighted by atomic mass is 10.1. The maximum absolute atomic E-state index is 11.6. The Balaban J connectivity index is 1.94. The first-order chi connectivity index (χ1) is 9.28. The first-order valence-corrected chi connectivity index (χ1v) is 7.18. The number of aliphatic imine (C=N–C) groups is 1. The molecule has 0 aromatic heterocycles. The molecule has 0 radical (unpaired) electrons. The van der Waals surface area contributed by atoms with Crippen LogP contribution in [0.4, 0.5) is 0 Å². The Kier molecular flexibility index (Phi) is 3.25. The van der Waals surface area contributed by atoms with E-state index in [-0.39, 0.29) is 11.9 Å². The predicted octanol–water partition coefficient (Wildman–Crippen LogP) is 2.45. The van der Waals surface area contributed by atoms with Gasteiger partial charge in [0.2, 0.25) is 5.91 Å². The monoisotopic (exact) mass is 270 g/mol. The van der Waals surface area contributed by atoms with Gasteiger partial charge in [0.25, 0.3) is 0 Å². The van der Waals surface area contributed by atoms with Crippen molar-refractivity contribution >= 4 is 33.5 Å². The van der Waals surface area contributed by atoms with Crippen LogP contribution in [0.25, 0.3) is 10.8 Å². The molecule has 0 bridgehead atoms. The summed E-state index contributed by atoms with van der Waals surface area (Å²) >= 11 is 1.64. The molecular formula is C15H14N2OS. The second-order valence-corrected chi connectivity index (χ2v) is 5.45. The Hall–Kier alpha value is -1.81. The van der Waals surface area contributed by atoms with Gasteiger partial charge in [0.05, 0.1) is 5.04 Å². The largest absolute Gasteiger partial charge is 0.357 e. The molecule has 1 N–H and O–H groups in total. The number of hydrogen-bond donors (Lipinski definition) is 1. The zero-order valence-electron chi connectivity index (χ0n) is 10.6. The van der Waals surface area contributed by atoms with Crippen LogP contribution in [0.15, 0.2) is 47.5 Å². The number of rotatable bonds is 2. The van der Waals surface area contributed by atoms with Gasteiger partial charge in [-0.1, -0.05) is 36.4 Å². The molecule has 3 rings (SSSR count). The van der Waals surface area contributed by atoms with Crippen LogP contribution >= 0.6 is 11.8 Å². The summed E-state index contributed by atoms with van der Waals surface area (Å²) in [6.45, 7) is 0. The van der Waals surface area contributed by atoms with E-state index in [0.717, 1.165) is 16.4 Å². The molecule has 0 spiro atoms. The number of amides is 1. The summed E-state index contributed by atoms with van der Waals surface area (Å²) in [5, 5.41) is 6.03. The molecule has 96 valence electrons. The molecule has 19 heavy (non-hydrogen) atoms. The second kappa shape index (κ2) is 5.05. The van der Waals surface area contributed by atoms with E-state index in [1.54, 1.807) is 18.8 Å². The zero-order valence-corrected chi connectivity index (χ0v) is 11.4. The summed E-state index contributed by atoms with van der Waals surface area (Å²) in [4.78, 5) is 16.1. The van der Waals surface area contributed by atoms with Crippen molar-refractivity contribution < 1.29 is 4.79 Å². The minimum atomic E-state index is -0.253. The molecule has 1 heterocycles. The first-order valence-electron chi connectivity index (χ1n) is 6.19. The van der Waals surface area contributed by atoms with Crippen LogP contribution in [-0.2, 0) is 4.79 Å². The number of thioether (sulfide) groups is 1. The van der Waals surface area contributed by atoms with E-state index < -0.39 is 0 Å². The number of nitrogens with one attached hydrogen (secondary N) is 1. The smallest absolute Gasteiger partial charge is 0.245 e. The van der Waals surface area contributed by atoms with Crippen LogP contribution in [0.3, 0.4) is 0 Å². The average Bonchev–Trinajstić information content (AvgIpc) is 2.95. The van der Waals surface area contributed by atoms with Gasteiger partial charge in [-0.2, -0.15) is 0 Å². The topological polar surface area (TPSA) is 41.5 Å². The lowest BCUT2D eigenvalue weighted by Crippen LogP contribution is -2.30. The lowest BCUT2D eigenvalue weighted by molar-refractivity contribution is -0.121. The molecule has 1 amide bonds. The molecule has 1 aliphatic heterocycles. The molecule has 0 unspecified atom stereocenters. The highest BCUT2D eigenvalue weighted by Crippen LogP contribution is 2.25. The van der Waals surface area contributed by atoms with E-state index in [4.69, 9.17) is 0 Å². The highest BCUT2D eigenvalue weighted by molar-refractivity contribution is 8.14. The molecule has 0 saturated heterocycles. The number of likely N-dealkylation sites (N-methyl/N-ethyl adjacent to an activating group) is 1. The molecule has 4 heteroatoms. The fourth-order valence-electron chi connectivity index (χ4n) is 2.16. The Morgan fingerprint density at radius 2 is 2.05 bits per heavy atom. The number of hydrogen-bond acceptors (Lipinski definition) is 3. The third-order valence-electron chi connectivity index (χ3n) is 3.20. The first kappa shape index (κ1) is 12.2. The van der Waals surface area contributed by atoms with Crippen molar-refractivity contribution in [2.45, 2.75) is 6.04 Å². The maximum Gasteiger partial charge on any atom is 0.245 e. The van der Waals surface area contributed by atoms with Gasteiger partial charge < -0.3 is 5.32 Å². The third-order valence-corrected chi connectivity index (χ3v) is 4.29. The number of nitrogens with zero attached hydrogens (tertiary/aromatic N) is 1. The predicted molar refractivity (Wildman–Crippen MR) is 80.8 cm³/mol. The Morgan fingerprint density at radius 1 is 1.26 bits per heavy atom. The van der Waals surface area contributed by atoms with Crippen LogP contribution in [0.1, 0.15) is 5.56 Å². The highest BCUT2D eigenvalue weighted by Gasteiger charge is 2.24. The van der Waals surface area contributed by atoms with Gasteiger partial charge in [-0.25, -0.2) is 0 Å². The number of carbonyl (C=O) groups is 1. The van der Waals surface area contributed by atoms with Crippen molar-refractivity contribution in [3.05, 3.63) is 48.0 Å². The van der Waals surface area contributed by atoms with Gasteiger partial charge in [0, 0.05) is 18.4 Å². The van der Waals surface area contributed by atoms with Crippen LogP contribution in [-0.4, -0.2) is 29.8 Å². The molecule has 1 aliphatic rings. The van der Waals surface area contributed by atoms with Gasteiger partial charge >= 0.3 is 0 Å². The van der Waals surface area contributed by atoms with Crippen molar-refractivity contribution in [2.75, 3.05) is 12.8 Å². The Labute approximate surface area is 116 Å². The lowest BCUT2D eigenvalue weighted by Gasteiger charge is -2.03. The number of benzene rings is 2. The van der Waals surface area contributed by atoms with Crippen LogP contribution in [0.5, 0.6) is 0 Å². The quantitative estimate of drug-likeness (QED) is 0.910. The van der Waals surface area contributed by atoms with Crippen LogP contribution in [0, 0.1) is 0 Å². The fraction of sp³-hybridized carbons (Fsp3) is 0.200. The molecule has 1 atom stereocenters. The van der Waals surface area contributed by atoms with E-state index in [1.165, 1.54) is 10.8 Å². The summed E-state index contributed by atoms with van der Waals surface area (Å²) in [7, 11) is 1.65. The van der Waals surface area contributed by atoms with Crippen molar-refractivity contribution in [3.8, 4) is 0 Å². The number of carbonyl (C=O) groups excluding carboxylic acids is 1. The van der Waals surface area contributed by atoms with E-state index >= 15 is 0 Å². The van der Waals surface area contributed by atoms with Crippen LogP contribution < -0.4 is 5.32 Å². The number of fused-ring (bicyclic) bond motifs is 1. The standard InChI is InChI=1S/C15H14N2OS/c1-16-14(18)13-9-19-15(17-13)12-7-6-10-4-2-3-5-11(10)8-12/h2-8,13H,9H2,1H3,(H,16,18)/t13-/m0/s1. The van der Waals surface area contributed by atoms with Crippen molar-refractivity contribution in [1.82, 2.24) is 5.32 Å². The third kappa shape index (κ3) is 2.36. The summed E-state index contributed by atoms with van der Waals surface area (Å²) in [6, 6.07) is 14.3. The van der Waals surface area contributed by atoms with E-state index in [0.29, 0.717) is 0 Å². The van der Waals surface area contributed by atoms with Gasteiger partial charge in [0.1, 0.15) is 6.04 Å².